The fourth-order valence-electron chi connectivity index (χ4n) is 3.11. The third-order valence-corrected chi connectivity index (χ3v) is 6.81. The maximum Gasteiger partial charge on any atom is 0.228 e. The van der Waals surface area contributed by atoms with Crippen LogP contribution in [0.1, 0.15) is 32.1 Å². The second-order valence-corrected chi connectivity index (χ2v) is 8.75. The molecule has 0 aliphatic heterocycles. The monoisotopic (exact) mass is 385 g/mol. The summed E-state index contributed by atoms with van der Waals surface area (Å²) in [7, 11) is 0. The lowest BCUT2D eigenvalue weighted by atomic mass is 10.0. The summed E-state index contributed by atoms with van der Waals surface area (Å²) in [6, 6.07) is 16.6. The standard InChI is InChI=1S/C21H20FNOS2/c22-16-10-7-13-18(14-16)25-20-21(26-17-11-5-2-6-12-17)24-19(23-20)15-8-3-1-4-9-15/h1,3-4,7-10,13-14,17H,2,5-6,11-12H2. The zero-order valence-corrected chi connectivity index (χ0v) is 16.0. The van der Waals surface area contributed by atoms with Crippen molar-refractivity contribution in [3.63, 3.8) is 0 Å². The van der Waals surface area contributed by atoms with Gasteiger partial charge in [0.2, 0.25) is 5.89 Å². The van der Waals surface area contributed by atoms with Crippen molar-refractivity contribution in [3.8, 4) is 11.5 Å². The molecule has 134 valence electrons. The summed E-state index contributed by atoms with van der Waals surface area (Å²) < 4.78 is 19.7. The van der Waals surface area contributed by atoms with Crippen LogP contribution >= 0.6 is 23.5 Å². The molecule has 0 saturated heterocycles. The summed E-state index contributed by atoms with van der Waals surface area (Å²) in [5, 5.41) is 2.25. The lowest BCUT2D eigenvalue weighted by molar-refractivity contribution is 0.465. The predicted molar refractivity (Wildman–Crippen MR) is 105 cm³/mol. The van der Waals surface area contributed by atoms with Crippen LogP contribution in [-0.4, -0.2) is 10.2 Å². The van der Waals surface area contributed by atoms with E-state index in [1.165, 1.54) is 56.0 Å². The predicted octanol–water partition coefficient (Wildman–Crippen LogP) is 7.06. The summed E-state index contributed by atoms with van der Waals surface area (Å²) >= 11 is 3.25. The van der Waals surface area contributed by atoms with Gasteiger partial charge in [0.05, 0.1) is 0 Å². The third kappa shape index (κ3) is 4.33. The Labute approximate surface area is 161 Å². The van der Waals surface area contributed by atoms with E-state index >= 15 is 0 Å². The van der Waals surface area contributed by atoms with E-state index in [1.807, 2.05) is 36.4 Å². The van der Waals surface area contributed by atoms with Crippen LogP contribution in [-0.2, 0) is 0 Å². The molecule has 0 bridgehead atoms. The van der Waals surface area contributed by atoms with Crippen molar-refractivity contribution < 1.29 is 8.81 Å². The number of benzene rings is 2. The zero-order chi connectivity index (χ0) is 17.8. The molecule has 3 aromatic rings. The quantitative estimate of drug-likeness (QED) is 0.470. The minimum Gasteiger partial charge on any atom is -0.429 e. The van der Waals surface area contributed by atoms with Crippen molar-refractivity contribution >= 4 is 23.5 Å². The van der Waals surface area contributed by atoms with Crippen LogP contribution in [0.2, 0.25) is 0 Å². The first-order valence-corrected chi connectivity index (χ1v) is 10.6. The van der Waals surface area contributed by atoms with Crippen LogP contribution in [0.15, 0.2) is 74.0 Å². The molecule has 0 spiro atoms. The average molecular weight is 386 g/mol. The van der Waals surface area contributed by atoms with Crippen LogP contribution in [0.25, 0.3) is 11.5 Å². The van der Waals surface area contributed by atoms with Gasteiger partial charge in [-0.2, -0.15) is 0 Å². The van der Waals surface area contributed by atoms with Crippen molar-refractivity contribution in [2.45, 2.75) is 52.4 Å². The molecule has 0 atom stereocenters. The van der Waals surface area contributed by atoms with Crippen molar-refractivity contribution in [1.82, 2.24) is 4.98 Å². The van der Waals surface area contributed by atoms with E-state index in [4.69, 9.17) is 9.40 Å². The highest BCUT2D eigenvalue weighted by molar-refractivity contribution is 8.02. The van der Waals surface area contributed by atoms with Gasteiger partial charge in [0.15, 0.2) is 10.1 Å². The largest absolute Gasteiger partial charge is 0.429 e. The summed E-state index contributed by atoms with van der Waals surface area (Å²) in [5.74, 6) is 0.395. The van der Waals surface area contributed by atoms with Gasteiger partial charge < -0.3 is 4.42 Å². The zero-order valence-electron chi connectivity index (χ0n) is 14.4. The van der Waals surface area contributed by atoms with Gasteiger partial charge in [0, 0.05) is 15.7 Å². The molecule has 1 heterocycles. The Hall–Kier alpha value is -1.72. The van der Waals surface area contributed by atoms with E-state index < -0.39 is 0 Å². The van der Waals surface area contributed by atoms with E-state index in [9.17, 15) is 4.39 Å². The fraction of sp³-hybridized carbons (Fsp3) is 0.286. The maximum atomic E-state index is 13.6. The molecule has 0 radical (unpaired) electrons. The highest BCUT2D eigenvalue weighted by Gasteiger charge is 2.22. The van der Waals surface area contributed by atoms with Crippen molar-refractivity contribution in [2.24, 2.45) is 0 Å². The van der Waals surface area contributed by atoms with Crippen LogP contribution in [0.3, 0.4) is 0 Å². The Morgan fingerprint density at radius 1 is 0.962 bits per heavy atom. The Morgan fingerprint density at radius 3 is 2.54 bits per heavy atom. The topological polar surface area (TPSA) is 26.0 Å². The molecule has 1 saturated carbocycles. The normalized spacial score (nSPS) is 15.3. The van der Waals surface area contributed by atoms with E-state index in [-0.39, 0.29) is 5.82 Å². The molecule has 26 heavy (non-hydrogen) atoms. The maximum absolute atomic E-state index is 13.6. The lowest BCUT2D eigenvalue weighted by Crippen LogP contribution is -2.07. The molecule has 1 aliphatic rings. The van der Waals surface area contributed by atoms with Crippen molar-refractivity contribution in [1.29, 1.82) is 0 Å². The molecule has 2 aromatic carbocycles. The lowest BCUT2D eigenvalue weighted by Gasteiger charge is -2.19. The Kier molecular flexibility index (Phi) is 5.65. The molecule has 1 fully saturated rings. The number of hydrogen-bond acceptors (Lipinski definition) is 4. The Morgan fingerprint density at radius 2 is 1.77 bits per heavy atom. The van der Waals surface area contributed by atoms with Crippen LogP contribution in [0.5, 0.6) is 0 Å². The van der Waals surface area contributed by atoms with Gasteiger partial charge in [-0.05, 0) is 43.2 Å². The molecule has 0 amide bonds. The first kappa shape index (κ1) is 17.7. The molecule has 2 nitrogen and oxygen atoms in total. The molecule has 1 aliphatic carbocycles. The second-order valence-electron chi connectivity index (χ2n) is 6.41. The van der Waals surface area contributed by atoms with Crippen LogP contribution < -0.4 is 0 Å². The molecular formula is C21H20FNOS2. The van der Waals surface area contributed by atoms with Gasteiger partial charge in [-0.1, -0.05) is 67.1 Å². The highest BCUT2D eigenvalue weighted by Crippen LogP contribution is 2.42. The van der Waals surface area contributed by atoms with Crippen molar-refractivity contribution in [2.75, 3.05) is 0 Å². The van der Waals surface area contributed by atoms with Crippen LogP contribution in [0.4, 0.5) is 4.39 Å². The van der Waals surface area contributed by atoms with Crippen molar-refractivity contribution in [3.05, 3.63) is 60.4 Å². The molecule has 0 unspecified atom stereocenters. The molecule has 1 aromatic heterocycles. The third-order valence-electron chi connectivity index (χ3n) is 4.42. The fourth-order valence-corrected chi connectivity index (χ4v) is 5.32. The number of nitrogens with zero attached hydrogens (tertiary/aromatic N) is 1. The van der Waals surface area contributed by atoms with Gasteiger partial charge in [-0.25, -0.2) is 9.37 Å². The smallest absolute Gasteiger partial charge is 0.228 e. The Bertz CT molecular complexity index is 859. The first-order chi connectivity index (χ1) is 12.8. The average Bonchev–Trinajstić information content (AvgIpc) is 3.06. The number of hydrogen-bond donors (Lipinski definition) is 0. The number of thioether (sulfide) groups is 1. The first-order valence-electron chi connectivity index (χ1n) is 8.94. The SMILES string of the molecule is Fc1cccc(Sc2nc(-c3ccccc3)oc2SC2CCCCC2)c1. The number of oxazole rings is 1. The van der Waals surface area contributed by atoms with Crippen LogP contribution in [0, 0.1) is 5.82 Å². The van der Waals surface area contributed by atoms with Gasteiger partial charge in [-0.3, -0.25) is 0 Å². The highest BCUT2D eigenvalue weighted by atomic mass is 32.2. The van der Waals surface area contributed by atoms with E-state index in [0.717, 1.165) is 20.6 Å². The van der Waals surface area contributed by atoms with E-state index in [0.29, 0.717) is 11.1 Å². The summed E-state index contributed by atoms with van der Waals surface area (Å²) in [5.41, 5.74) is 0.962. The number of aromatic nitrogens is 1. The summed E-state index contributed by atoms with van der Waals surface area (Å²) in [4.78, 5) is 5.56. The van der Waals surface area contributed by atoms with Gasteiger partial charge in [0.25, 0.3) is 0 Å². The minimum atomic E-state index is -0.233. The Balaban J connectivity index is 1.64. The number of halogens is 1. The molecule has 5 heteroatoms. The van der Waals surface area contributed by atoms with E-state index in [1.54, 1.807) is 17.8 Å². The second kappa shape index (κ2) is 8.31. The van der Waals surface area contributed by atoms with E-state index in [2.05, 4.69) is 0 Å². The summed E-state index contributed by atoms with van der Waals surface area (Å²) in [6.07, 6.45) is 6.33. The molecular weight excluding hydrogens is 365 g/mol. The number of rotatable bonds is 5. The van der Waals surface area contributed by atoms with Gasteiger partial charge >= 0.3 is 0 Å². The summed E-state index contributed by atoms with van der Waals surface area (Å²) in [6.45, 7) is 0. The molecule has 4 rings (SSSR count). The molecule has 0 N–H and O–H groups in total. The minimum absolute atomic E-state index is 0.233. The van der Waals surface area contributed by atoms with Gasteiger partial charge in [0.1, 0.15) is 5.82 Å². The van der Waals surface area contributed by atoms with Gasteiger partial charge in [-0.15, -0.1) is 0 Å².